The number of rotatable bonds is 3. The number of hydrogen-bond acceptors (Lipinski definition) is 4. The van der Waals surface area contributed by atoms with Gasteiger partial charge in [0.2, 0.25) is 0 Å². The van der Waals surface area contributed by atoms with Crippen LogP contribution >= 0.6 is 0 Å². The van der Waals surface area contributed by atoms with Crippen molar-refractivity contribution in [3.63, 3.8) is 0 Å². The average Bonchev–Trinajstić information content (AvgIpc) is 2.36. The van der Waals surface area contributed by atoms with Gasteiger partial charge in [-0.3, -0.25) is 0 Å². The van der Waals surface area contributed by atoms with Crippen molar-refractivity contribution >= 4 is 11.6 Å². The van der Waals surface area contributed by atoms with Gasteiger partial charge in [-0.2, -0.15) is 0 Å². The van der Waals surface area contributed by atoms with Crippen molar-refractivity contribution in [2.75, 3.05) is 24.3 Å². The van der Waals surface area contributed by atoms with Gasteiger partial charge < -0.3 is 10.2 Å². The van der Waals surface area contributed by atoms with Gasteiger partial charge in [-0.25, -0.2) is 9.97 Å². The van der Waals surface area contributed by atoms with Crippen molar-refractivity contribution in [1.82, 2.24) is 9.97 Å². The van der Waals surface area contributed by atoms with E-state index in [1.807, 2.05) is 19.0 Å². The summed E-state index contributed by atoms with van der Waals surface area (Å²) in [7, 11) is 4.05. The van der Waals surface area contributed by atoms with E-state index in [9.17, 15) is 0 Å². The van der Waals surface area contributed by atoms with E-state index in [0.29, 0.717) is 5.54 Å². The zero-order chi connectivity index (χ0) is 13.7. The first-order valence-corrected chi connectivity index (χ1v) is 7.89. The average molecular weight is 272 g/mol. The molecule has 0 saturated heterocycles. The van der Waals surface area contributed by atoms with Crippen LogP contribution < -0.4 is 10.2 Å². The van der Waals surface area contributed by atoms with Crippen molar-refractivity contribution in [2.45, 2.75) is 44.1 Å². The van der Waals surface area contributed by atoms with E-state index < -0.39 is 0 Å². The van der Waals surface area contributed by atoms with E-state index in [1.165, 1.54) is 38.5 Å². The largest absolute Gasteiger partial charge is 0.364 e. The molecule has 4 saturated carbocycles. The fraction of sp³-hybridized carbons (Fsp3) is 0.750. The molecule has 4 aliphatic carbocycles. The van der Waals surface area contributed by atoms with Gasteiger partial charge in [0.05, 0.1) is 0 Å². The summed E-state index contributed by atoms with van der Waals surface area (Å²) < 4.78 is 0. The van der Waals surface area contributed by atoms with Crippen LogP contribution in [0, 0.1) is 17.8 Å². The molecule has 5 rings (SSSR count). The molecule has 4 aliphatic rings. The van der Waals surface area contributed by atoms with Crippen molar-refractivity contribution in [3.8, 4) is 0 Å². The summed E-state index contributed by atoms with van der Waals surface area (Å²) in [4.78, 5) is 10.8. The van der Waals surface area contributed by atoms with Crippen LogP contribution in [0.2, 0.25) is 0 Å². The quantitative estimate of drug-likeness (QED) is 0.918. The zero-order valence-electron chi connectivity index (χ0n) is 12.5. The molecule has 1 aromatic rings. The van der Waals surface area contributed by atoms with E-state index in [4.69, 9.17) is 0 Å². The van der Waals surface area contributed by atoms with Crippen LogP contribution in [0.5, 0.6) is 0 Å². The number of aromatic nitrogens is 2. The summed E-state index contributed by atoms with van der Waals surface area (Å²) in [5.41, 5.74) is 0.326. The smallest absolute Gasteiger partial charge is 0.133 e. The van der Waals surface area contributed by atoms with Crippen molar-refractivity contribution in [1.29, 1.82) is 0 Å². The molecule has 4 bridgehead atoms. The predicted molar refractivity (Wildman–Crippen MR) is 80.9 cm³/mol. The summed E-state index contributed by atoms with van der Waals surface area (Å²) in [6.07, 6.45) is 10.2. The maximum absolute atomic E-state index is 4.45. The van der Waals surface area contributed by atoms with Gasteiger partial charge in [-0.15, -0.1) is 0 Å². The van der Waals surface area contributed by atoms with E-state index in [0.717, 1.165) is 29.4 Å². The fourth-order valence-corrected chi connectivity index (χ4v) is 5.20. The number of hydrogen-bond donors (Lipinski definition) is 1. The van der Waals surface area contributed by atoms with Gasteiger partial charge in [0, 0.05) is 25.7 Å². The molecule has 4 nitrogen and oxygen atoms in total. The Hall–Kier alpha value is -1.32. The first-order chi connectivity index (χ1) is 9.62. The third-order valence-electron chi connectivity index (χ3n) is 5.54. The van der Waals surface area contributed by atoms with E-state index in [-0.39, 0.29) is 0 Å². The number of nitrogens with one attached hydrogen (secondary N) is 1. The molecule has 0 spiro atoms. The minimum absolute atomic E-state index is 0.326. The van der Waals surface area contributed by atoms with Crippen LogP contribution in [-0.2, 0) is 0 Å². The summed E-state index contributed by atoms with van der Waals surface area (Å²) >= 11 is 0. The molecule has 0 atom stereocenters. The topological polar surface area (TPSA) is 41.0 Å². The third-order valence-corrected chi connectivity index (χ3v) is 5.54. The van der Waals surface area contributed by atoms with Gasteiger partial charge >= 0.3 is 0 Å². The Kier molecular flexibility index (Phi) is 2.69. The highest BCUT2D eigenvalue weighted by Gasteiger charge is 2.51. The lowest BCUT2D eigenvalue weighted by Gasteiger charge is -2.57. The lowest BCUT2D eigenvalue weighted by atomic mass is 9.53. The molecule has 0 unspecified atom stereocenters. The van der Waals surface area contributed by atoms with Crippen LogP contribution in [0.3, 0.4) is 0 Å². The Bertz CT molecular complexity index is 476. The van der Waals surface area contributed by atoms with Crippen molar-refractivity contribution in [2.24, 2.45) is 17.8 Å². The van der Waals surface area contributed by atoms with Crippen LogP contribution in [0.1, 0.15) is 38.5 Å². The van der Waals surface area contributed by atoms with Gasteiger partial charge in [-0.05, 0) is 56.3 Å². The number of nitrogens with zero attached hydrogens (tertiary/aromatic N) is 3. The van der Waals surface area contributed by atoms with Crippen LogP contribution in [0.15, 0.2) is 12.4 Å². The van der Waals surface area contributed by atoms with Crippen LogP contribution in [-0.4, -0.2) is 29.6 Å². The Morgan fingerprint density at radius 2 is 1.65 bits per heavy atom. The second-order valence-corrected chi connectivity index (χ2v) is 7.48. The standard InChI is InChI=1S/C16H24N4/c1-20(2)15-6-14(17-10-18-15)19-16-7-11-3-12(8-16)5-13(4-11)9-16/h6,10-13H,3-5,7-9H2,1-2H3,(H,17,18,19). The van der Waals surface area contributed by atoms with Crippen LogP contribution in [0.25, 0.3) is 0 Å². The first kappa shape index (κ1) is 12.4. The van der Waals surface area contributed by atoms with Gasteiger partial charge in [0.1, 0.15) is 18.0 Å². The van der Waals surface area contributed by atoms with Gasteiger partial charge in [-0.1, -0.05) is 0 Å². The lowest BCUT2D eigenvalue weighted by Crippen LogP contribution is -2.54. The first-order valence-electron chi connectivity index (χ1n) is 7.89. The Morgan fingerprint density at radius 1 is 1.05 bits per heavy atom. The van der Waals surface area contributed by atoms with Gasteiger partial charge in [0.15, 0.2) is 0 Å². The normalized spacial score (nSPS) is 38.0. The van der Waals surface area contributed by atoms with Crippen molar-refractivity contribution in [3.05, 3.63) is 12.4 Å². The molecule has 4 heteroatoms. The SMILES string of the molecule is CN(C)c1cc(NC23CC4CC(CC(C4)C2)C3)ncn1. The molecule has 1 heterocycles. The van der Waals surface area contributed by atoms with E-state index >= 15 is 0 Å². The molecule has 20 heavy (non-hydrogen) atoms. The van der Waals surface area contributed by atoms with Gasteiger partial charge in [0.25, 0.3) is 0 Å². The summed E-state index contributed by atoms with van der Waals surface area (Å²) in [6.45, 7) is 0. The molecule has 0 aliphatic heterocycles. The molecule has 4 fully saturated rings. The molecule has 0 amide bonds. The third kappa shape index (κ3) is 2.05. The second-order valence-electron chi connectivity index (χ2n) is 7.48. The fourth-order valence-electron chi connectivity index (χ4n) is 5.20. The lowest BCUT2D eigenvalue weighted by molar-refractivity contribution is 0.0105. The predicted octanol–water partition coefficient (Wildman–Crippen LogP) is 2.92. The zero-order valence-corrected chi connectivity index (χ0v) is 12.5. The van der Waals surface area contributed by atoms with Crippen molar-refractivity contribution < 1.29 is 0 Å². The second kappa shape index (κ2) is 4.34. The minimum Gasteiger partial charge on any atom is -0.364 e. The maximum Gasteiger partial charge on any atom is 0.133 e. The molecule has 1 N–H and O–H groups in total. The minimum atomic E-state index is 0.326. The Labute approximate surface area is 121 Å². The molecule has 1 aromatic heterocycles. The maximum atomic E-state index is 4.45. The highest BCUT2D eigenvalue weighted by atomic mass is 15.2. The number of anilines is 2. The summed E-state index contributed by atoms with van der Waals surface area (Å²) in [6, 6.07) is 2.08. The molecular weight excluding hydrogens is 248 g/mol. The summed E-state index contributed by atoms with van der Waals surface area (Å²) in [5.74, 6) is 4.87. The Morgan fingerprint density at radius 3 is 2.20 bits per heavy atom. The molecule has 0 radical (unpaired) electrons. The summed E-state index contributed by atoms with van der Waals surface area (Å²) in [5, 5.41) is 3.80. The Balaban J connectivity index is 1.58. The van der Waals surface area contributed by atoms with Crippen LogP contribution in [0.4, 0.5) is 11.6 Å². The highest BCUT2D eigenvalue weighted by Crippen LogP contribution is 2.56. The monoisotopic (exact) mass is 272 g/mol. The highest BCUT2D eigenvalue weighted by molar-refractivity contribution is 5.49. The van der Waals surface area contributed by atoms with E-state index in [1.54, 1.807) is 6.33 Å². The molecule has 108 valence electrons. The molecular formula is C16H24N4. The van der Waals surface area contributed by atoms with E-state index in [2.05, 4.69) is 21.4 Å². The molecule has 0 aromatic carbocycles.